The number of benzene rings is 2. The minimum atomic E-state index is -1.27. The number of unbranched alkanes of at least 4 members (excludes halogenated alkanes) is 2. The van der Waals surface area contributed by atoms with Crippen molar-refractivity contribution >= 4 is 20.1 Å². The van der Waals surface area contributed by atoms with E-state index in [0.29, 0.717) is 32.5 Å². The summed E-state index contributed by atoms with van der Waals surface area (Å²) in [6, 6.07) is 20.0. The Morgan fingerprint density at radius 2 is 1.72 bits per heavy atom. The lowest BCUT2D eigenvalue weighted by atomic mass is 9.76. The molecule has 2 aromatic carbocycles. The monoisotopic (exact) mass is 740 g/mol. The Morgan fingerprint density at radius 3 is 2.38 bits per heavy atom. The summed E-state index contributed by atoms with van der Waals surface area (Å²) in [4.78, 5) is 17.8. The molecule has 8 heteroatoms. The van der Waals surface area contributed by atoms with Crippen molar-refractivity contribution in [2.45, 2.75) is 136 Å². The molecule has 0 aliphatic carbocycles. The number of fused-ring (bicyclic) bond motifs is 1. The van der Waals surface area contributed by atoms with E-state index in [4.69, 9.17) is 14.3 Å². The van der Waals surface area contributed by atoms with Gasteiger partial charge in [0.1, 0.15) is 0 Å². The van der Waals surface area contributed by atoms with E-state index in [1.807, 2.05) is 4.90 Å². The largest absolute Gasteiger partial charge is 0.344 e. The van der Waals surface area contributed by atoms with Crippen molar-refractivity contribution < 1.29 is 13.8 Å². The number of hydrogen-bond donors (Lipinski definition) is 0. The Labute approximate surface area is 322 Å². The molecule has 2 aliphatic heterocycles. The Morgan fingerprint density at radius 1 is 1.06 bits per heavy atom. The van der Waals surface area contributed by atoms with Crippen LogP contribution >= 0.6 is 8.53 Å². The van der Waals surface area contributed by atoms with Crippen LogP contribution in [0.5, 0.6) is 0 Å². The van der Waals surface area contributed by atoms with Crippen molar-refractivity contribution in [3.63, 3.8) is 0 Å². The highest BCUT2D eigenvalue weighted by molar-refractivity contribution is 7.44. The molecule has 1 amide bonds. The molecule has 2 heterocycles. The van der Waals surface area contributed by atoms with Crippen LogP contribution in [0.1, 0.15) is 117 Å². The third kappa shape index (κ3) is 10.7. The van der Waals surface area contributed by atoms with Crippen molar-refractivity contribution in [2.24, 2.45) is 0 Å². The molecule has 1 atom stereocenters. The third-order valence-corrected chi connectivity index (χ3v) is 13.1. The van der Waals surface area contributed by atoms with Gasteiger partial charge in [-0.3, -0.25) is 4.79 Å². The van der Waals surface area contributed by atoms with Crippen molar-refractivity contribution in [3.05, 3.63) is 101 Å². The van der Waals surface area contributed by atoms with Crippen LogP contribution in [0.3, 0.4) is 0 Å². The maximum atomic E-state index is 13.3. The Kier molecular flexibility index (Phi) is 15.5. The number of aryl methyl sites for hydroxylation is 1. The fourth-order valence-corrected chi connectivity index (χ4v) is 9.58. The van der Waals surface area contributed by atoms with Crippen LogP contribution in [-0.4, -0.2) is 59.9 Å². The molecule has 53 heavy (non-hydrogen) atoms. The minimum Gasteiger partial charge on any atom is -0.344 e. The normalized spacial score (nSPS) is 17.7. The lowest BCUT2D eigenvalue weighted by Gasteiger charge is -2.39. The summed E-state index contributed by atoms with van der Waals surface area (Å²) in [5.74, 6) is 0.245. The molecule has 0 radical (unpaired) electrons. The first-order valence-corrected chi connectivity index (χ1v) is 20.9. The standard InChI is InChI=1S/C45H65N4O3P/c1-34(2)49(35(3)4)53(51-33-19-29-46)52-38-27-31-47(32-28-38)43(50)26-12-11-17-30-48-41-24-16-15-23-40(41)45(9,10)42(48)25-18-21-37(6)44(7,8)39-22-14-13-20-36(39)5/h13-16,18,20-25,34-35,38H,6,11-12,17,19,26-28,30-33H2,1-5,7-10H3/b21-18+,42-25+. The predicted octanol–water partition coefficient (Wildman–Crippen LogP) is 10.9. The second kappa shape index (κ2) is 19.4. The van der Waals surface area contributed by atoms with Crippen LogP contribution in [-0.2, 0) is 24.7 Å². The van der Waals surface area contributed by atoms with E-state index in [9.17, 15) is 4.79 Å². The molecule has 1 fully saturated rings. The number of amides is 1. The van der Waals surface area contributed by atoms with Gasteiger partial charge in [-0.2, -0.15) is 5.26 Å². The van der Waals surface area contributed by atoms with Crippen LogP contribution < -0.4 is 4.90 Å². The van der Waals surface area contributed by atoms with Crippen molar-refractivity contribution in [1.29, 1.82) is 5.26 Å². The van der Waals surface area contributed by atoms with E-state index in [0.717, 1.165) is 44.2 Å². The highest BCUT2D eigenvalue weighted by Gasteiger charge is 2.39. The van der Waals surface area contributed by atoms with Gasteiger partial charge in [0, 0.05) is 60.4 Å². The first-order valence-electron chi connectivity index (χ1n) is 19.7. The van der Waals surface area contributed by atoms with Gasteiger partial charge in [-0.15, -0.1) is 0 Å². The van der Waals surface area contributed by atoms with Gasteiger partial charge in [0.05, 0.1) is 25.2 Å². The van der Waals surface area contributed by atoms with Crippen LogP contribution in [0.25, 0.3) is 0 Å². The average Bonchev–Trinajstić information content (AvgIpc) is 3.33. The summed E-state index contributed by atoms with van der Waals surface area (Å²) in [7, 11) is -1.27. The number of anilines is 1. The molecule has 7 nitrogen and oxygen atoms in total. The first-order chi connectivity index (χ1) is 25.2. The third-order valence-electron chi connectivity index (χ3n) is 10.9. The van der Waals surface area contributed by atoms with Gasteiger partial charge in [-0.25, -0.2) is 4.67 Å². The summed E-state index contributed by atoms with van der Waals surface area (Å²) in [5.41, 5.74) is 7.30. The predicted molar refractivity (Wildman–Crippen MR) is 222 cm³/mol. The lowest BCUT2D eigenvalue weighted by molar-refractivity contribution is -0.133. The summed E-state index contributed by atoms with van der Waals surface area (Å²) in [6.45, 7) is 27.1. The first kappa shape index (κ1) is 42.5. The Hall–Kier alpha value is -3.27. The number of carbonyl (C=O) groups excluding carboxylic acids is 1. The molecule has 288 valence electrons. The van der Waals surface area contributed by atoms with Crippen LogP contribution in [0.4, 0.5) is 5.69 Å². The fraction of sp³-hybridized carbons (Fsp3) is 0.556. The zero-order chi connectivity index (χ0) is 38.8. The van der Waals surface area contributed by atoms with E-state index in [1.54, 1.807) is 0 Å². The highest BCUT2D eigenvalue weighted by Crippen LogP contribution is 2.49. The molecular weight excluding hydrogens is 675 g/mol. The number of carbonyl (C=O) groups is 1. The molecule has 0 spiro atoms. The van der Waals surface area contributed by atoms with Crippen LogP contribution in [0.15, 0.2) is 84.6 Å². The number of para-hydroxylation sites is 1. The molecular formula is C45H65N4O3P. The van der Waals surface area contributed by atoms with Crippen LogP contribution in [0, 0.1) is 18.3 Å². The van der Waals surface area contributed by atoms with Crippen molar-refractivity contribution in [2.75, 3.05) is 31.1 Å². The number of nitriles is 1. The molecule has 1 saturated heterocycles. The summed E-state index contributed by atoms with van der Waals surface area (Å²) in [5, 5.41) is 9.02. The number of likely N-dealkylation sites (tertiary alicyclic amines) is 1. The molecule has 2 aromatic rings. The number of piperidine rings is 1. The molecule has 2 aliphatic rings. The van der Waals surface area contributed by atoms with E-state index in [2.05, 4.69) is 151 Å². The van der Waals surface area contributed by atoms with Crippen molar-refractivity contribution in [3.8, 4) is 6.07 Å². The molecule has 4 rings (SSSR count). The number of rotatable bonds is 18. The maximum absolute atomic E-state index is 13.3. The lowest BCUT2D eigenvalue weighted by Crippen LogP contribution is -2.41. The quantitative estimate of drug-likeness (QED) is 0.0861. The van der Waals surface area contributed by atoms with Gasteiger partial charge in [0.15, 0.2) is 0 Å². The SMILES string of the molecule is C=C(/C=C/C=C1/N(CCCCCC(=O)N2CCC(OP(OCCC#N)N(C(C)C)C(C)C)CC2)c2ccccc2C1(C)C)C(C)(C)c1ccccc1C. The molecule has 1 unspecified atom stereocenters. The smallest absolute Gasteiger partial charge is 0.259 e. The Balaban J connectivity index is 1.30. The Bertz CT molecular complexity index is 1620. The maximum Gasteiger partial charge on any atom is 0.259 e. The number of hydrogen-bond acceptors (Lipinski definition) is 6. The van der Waals surface area contributed by atoms with E-state index in [1.165, 1.54) is 28.1 Å². The van der Waals surface area contributed by atoms with Crippen molar-refractivity contribution in [1.82, 2.24) is 9.57 Å². The van der Waals surface area contributed by atoms with Gasteiger partial charge in [0.25, 0.3) is 8.53 Å². The minimum absolute atomic E-state index is 0.0505. The van der Waals surface area contributed by atoms with E-state index in [-0.39, 0.29) is 34.9 Å². The summed E-state index contributed by atoms with van der Waals surface area (Å²) < 4.78 is 14.9. The van der Waals surface area contributed by atoms with Crippen LogP contribution in [0.2, 0.25) is 0 Å². The van der Waals surface area contributed by atoms with E-state index < -0.39 is 8.53 Å². The average molecular weight is 741 g/mol. The molecule has 0 aromatic heterocycles. The summed E-state index contributed by atoms with van der Waals surface area (Å²) >= 11 is 0. The molecule has 0 bridgehead atoms. The van der Waals surface area contributed by atoms with Gasteiger partial charge in [-0.1, -0.05) is 95.3 Å². The molecule has 0 saturated carbocycles. The molecule has 0 N–H and O–H groups in total. The van der Waals surface area contributed by atoms with Gasteiger partial charge < -0.3 is 18.8 Å². The van der Waals surface area contributed by atoms with E-state index >= 15 is 0 Å². The number of nitrogens with zero attached hydrogens (tertiary/aromatic N) is 4. The second-order valence-corrected chi connectivity index (χ2v) is 17.6. The van der Waals surface area contributed by atoms with Gasteiger partial charge in [0.2, 0.25) is 5.91 Å². The number of allylic oxidation sites excluding steroid dienone is 5. The zero-order valence-corrected chi connectivity index (χ0v) is 34.9. The second-order valence-electron chi connectivity index (χ2n) is 16.2. The fourth-order valence-electron chi connectivity index (χ4n) is 7.81. The highest BCUT2D eigenvalue weighted by atomic mass is 31.2. The zero-order valence-electron chi connectivity index (χ0n) is 34.0. The van der Waals surface area contributed by atoms with Gasteiger partial charge in [-0.05, 0) is 94.7 Å². The summed E-state index contributed by atoms with van der Waals surface area (Å²) in [6.07, 6.45) is 12.1. The van der Waals surface area contributed by atoms with Gasteiger partial charge >= 0.3 is 0 Å². The topological polar surface area (TPSA) is 69.0 Å².